The molecule has 0 aliphatic heterocycles. The molecule has 1 nitrogen and oxygen atoms in total. The Bertz CT molecular complexity index is 207. The zero-order valence-electron chi connectivity index (χ0n) is 5.81. The molecule has 62 valence electrons. The number of aliphatic hydroxyl groups is 1. The molecule has 1 rings (SSSR count). The van der Waals surface area contributed by atoms with Crippen LogP contribution in [0.3, 0.4) is 0 Å². The highest BCUT2D eigenvalue weighted by molar-refractivity contribution is 9.10. The highest BCUT2D eigenvalue weighted by Gasteiger charge is 2.02. The van der Waals surface area contributed by atoms with E-state index in [1.165, 1.54) is 12.1 Å². The van der Waals surface area contributed by atoms with Crippen LogP contribution in [0.4, 0.5) is 8.78 Å². The Morgan fingerprint density at radius 1 is 1.27 bits per heavy atom. The van der Waals surface area contributed by atoms with Crippen LogP contribution in [0, 0.1) is 11.6 Å². The van der Waals surface area contributed by atoms with E-state index in [-0.39, 0.29) is 4.47 Å². The maximum Gasteiger partial charge on any atom is 0.172 e. The Kier molecular flexibility index (Phi) is 4.98. The van der Waals surface area contributed by atoms with Gasteiger partial charge in [-0.25, -0.2) is 8.78 Å². The van der Waals surface area contributed by atoms with Crippen molar-refractivity contribution < 1.29 is 13.9 Å². The lowest BCUT2D eigenvalue weighted by molar-refractivity contribution is 0.399. The number of hydrogen-bond acceptors (Lipinski definition) is 1. The average molecular weight is 225 g/mol. The van der Waals surface area contributed by atoms with Gasteiger partial charge in [0.05, 0.1) is 4.47 Å². The van der Waals surface area contributed by atoms with Crippen LogP contribution in [-0.4, -0.2) is 12.2 Å². The van der Waals surface area contributed by atoms with Gasteiger partial charge in [-0.1, -0.05) is 6.07 Å². The zero-order valence-corrected chi connectivity index (χ0v) is 7.40. The largest absolute Gasteiger partial charge is 0.400 e. The lowest BCUT2D eigenvalue weighted by atomic mass is 10.3. The predicted octanol–water partition coefficient (Wildman–Crippen LogP) is 2.34. The van der Waals surface area contributed by atoms with Crippen LogP contribution >= 0.6 is 15.9 Å². The van der Waals surface area contributed by atoms with Gasteiger partial charge in [0, 0.05) is 7.11 Å². The molecule has 0 heterocycles. The highest BCUT2D eigenvalue weighted by atomic mass is 79.9. The number of benzene rings is 1. The molecular formula is C7H7BrF2O. The Morgan fingerprint density at radius 3 is 2.18 bits per heavy atom. The third kappa shape index (κ3) is 2.95. The van der Waals surface area contributed by atoms with Crippen molar-refractivity contribution in [3.8, 4) is 0 Å². The second-order valence-corrected chi connectivity index (χ2v) is 2.39. The predicted molar refractivity (Wildman–Crippen MR) is 42.2 cm³/mol. The van der Waals surface area contributed by atoms with Crippen molar-refractivity contribution in [3.05, 3.63) is 34.3 Å². The lowest BCUT2D eigenvalue weighted by Crippen LogP contribution is -1.81. The summed E-state index contributed by atoms with van der Waals surface area (Å²) in [5.41, 5.74) is 0. The summed E-state index contributed by atoms with van der Waals surface area (Å²) in [7, 11) is 1.00. The smallest absolute Gasteiger partial charge is 0.172 e. The van der Waals surface area contributed by atoms with Gasteiger partial charge in [-0.2, -0.15) is 0 Å². The molecule has 4 heteroatoms. The maximum atomic E-state index is 12.3. The van der Waals surface area contributed by atoms with Crippen molar-refractivity contribution in [2.45, 2.75) is 0 Å². The minimum atomic E-state index is -0.836. The van der Waals surface area contributed by atoms with Gasteiger partial charge in [0.25, 0.3) is 0 Å². The summed E-state index contributed by atoms with van der Waals surface area (Å²) < 4.78 is 24.6. The fourth-order valence-corrected chi connectivity index (χ4v) is 0.819. The molecule has 0 spiro atoms. The van der Waals surface area contributed by atoms with E-state index in [2.05, 4.69) is 15.9 Å². The molecule has 0 saturated heterocycles. The van der Waals surface area contributed by atoms with Crippen molar-refractivity contribution >= 4 is 15.9 Å². The number of rotatable bonds is 0. The molecule has 0 radical (unpaired) electrons. The molecule has 1 N–H and O–H groups in total. The molecule has 1 aromatic carbocycles. The van der Waals surface area contributed by atoms with Crippen LogP contribution in [0.25, 0.3) is 0 Å². The van der Waals surface area contributed by atoms with E-state index in [0.29, 0.717) is 0 Å². The molecule has 11 heavy (non-hydrogen) atoms. The van der Waals surface area contributed by atoms with Crippen LogP contribution in [0.2, 0.25) is 0 Å². The van der Waals surface area contributed by atoms with E-state index in [0.717, 1.165) is 13.2 Å². The van der Waals surface area contributed by atoms with Crippen molar-refractivity contribution in [2.75, 3.05) is 7.11 Å². The highest BCUT2D eigenvalue weighted by Crippen LogP contribution is 2.16. The molecule has 0 atom stereocenters. The SMILES string of the molecule is CO.Fc1cccc(Br)c1F. The second kappa shape index (κ2) is 5.21. The quantitative estimate of drug-likeness (QED) is 0.672. The van der Waals surface area contributed by atoms with Gasteiger partial charge in [0.2, 0.25) is 0 Å². The van der Waals surface area contributed by atoms with Crippen LogP contribution in [0.1, 0.15) is 0 Å². The van der Waals surface area contributed by atoms with E-state index in [4.69, 9.17) is 5.11 Å². The summed E-state index contributed by atoms with van der Waals surface area (Å²) in [6.07, 6.45) is 0. The zero-order chi connectivity index (χ0) is 8.85. The molecule has 0 fully saturated rings. The van der Waals surface area contributed by atoms with Gasteiger partial charge < -0.3 is 5.11 Å². The van der Waals surface area contributed by atoms with E-state index in [1.807, 2.05) is 0 Å². The first-order chi connectivity index (χ1) is 5.22. The maximum absolute atomic E-state index is 12.3. The fraction of sp³-hybridized carbons (Fsp3) is 0.143. The van der Waals surface area contributed by atoms with Crippen LogP contribution < -0.4 is 0 Å². The minimum absolute atomic E-state index is 0.155. The fourth-order valence-electron chi connectivity index (χ4n) is 0.477. The van der Waals surface area contributed by atoms with E-state index in [1.54, 1.807) is 0 Å². The standard InChI is InChI=1S/C6H3BrF2.CH4O/c7-4-2-1-3-5(8)6(4)9;1-2/h1-3H;2H,1H3. The Balaban J connectivity index is 0.000000461. The van der Waals surface area contributed by atoms with Gasteiger partial charge in [0.1, 0.15) is 0 Å². The molecule has 0 unspecified atom stereocenters. The van der Waals surface area contributed by atoms with Crippen molar-refractivity contribution in [1.82, 2.24) is 0 Å². The van der Waals surface area contributed by atoms with Gasteiger partial charge in [-0.15, -0.1) is 0 Å². The van der Waals surface area contributed by atoms with Crippen molar-refractivity contribution in [3.63, 3.8) is 0 Å². The van der Waals surface area contributed by atoms with Gasteiger partial charge in [-0.3, -0.25) is 0 Å². The molecule has 0 amide bonds. The topological polar surface area (TPSA) is 20.2 Å². The Labute approximate surface area is 71.8 Å². The van der Waals surface area contributed by atoms with Gasteiger partial charge >= 0.3 is 0 Å². The molecule has 0 aliphatic carbocycles. The number of aliphatic hydroxyl groups excluding tert-OH is 1. The van der Waals surface area contributed by atoms with Gasteiger partial charge in [0.15, 0.2) is 11.6 Å². The molecule has 1 aromatic rings. The monoisotopic (exact) mass is 224 g/mol. The van der Waals surface area contributed by atoms with Gasteiger partial charge in [-0.05, 0) is 28.1 Å². The molecule has 0 aromatic heterocycles. The summed E-state index contributed by atoms with van der Waals surface area (Å²) in [5.74, 6) is -1.66. The van der Waals surface area contributed by atoms with Crippen molar-refractivity contribution in [1.29, 1.82) is 0 Å². The van der Waals surface area contributed by atoms with E-state index >= 15 is 0 Å². The molecule has 0 saturated carbocycles. The van der Waals surface area contributed by atoms with E-state index in [9.17, 15) is 8.78 Å². The second-order valence-electron chi connectivity index (χ2n) is 1.54. The third-order valence-corrected chi connectivity index (χ3v) is 1.52. The third-order valence-electron chi connectivity index (χ3n) is 0.904. The summed E-state index contributed by atoms with van der Waals surface area (Å²) in [6, 6.07) is 3.95. The lowest BCUT2D eigenvalue weighted by Gasteiger charge is -1.91. The molecule has 0 bridgehead atoms. The molecule has 0 aliphatic rings. The average Bonchev–Trinajstić information content (AvgIpc) is 2.04. The van der Waals surface area contributed by atoms with Crippen LogP contribution in [0.15, 0.2) is 22.7 Å². The first-order valence-electron chi connectivity index (χ1n) is 2.76. The number of halogens is 3. The summed E-state index contributed by atoms with van der Waals surface area (Å²) in [5, 5.41) is 7.00. The summed E-state index contributed by atoms with van der Waals surface area (Å²) in [6.45, 7) is 0. The number of hydrogen-bond donors (Lipinski definition) is 1. The summed E-state index contributed by atoms with van der Waals surface area (Å²) >= 11 is 2.83. The first kappa shape index (κ1) is 10.5. The Morgan fingerprint density at radius 2 is 1.82 bits per heavy atom. The van der Waals surface area contributed by atoms with Crippen LogP contribution in [-0.2, 0) is 0 Å². The van der Waals surface area contributed by atoms with Crippen molar-refractivity contribution in [2.24, 2.45) is 0 Å². The van der Waals surface area contributed by atoms with E-state index < -0.39 is 11.6 Å². The van der Waals surface area contributed by atoms with Crippen LogP contribution in [0.5, 0.6) is 0 Å². The minimum Gasteiger partial charge on any atom is -0.400 e. The first-order valence-corrected chi connectivity index (χ1v) is 3.55. The normalized spacial score (nSPS) is 8.45. The molecular weight excluding hydrogens is 218 g/mol. The summed E-state index contributed by atoms with van der Waals surface area (Å²) in [4.78, 5) is 0. The Hall–Kier alpha value is -0.480.